The molecule has 0 radical (unpaired) electrons. The van der Waals surface area contributed by atoms with Crippen LogP contribution in [0, 0.1) is 0 Å². The van der Waals surface area contributed by atoms with Crippen molar-refractivity contribution in [2.75, 3.05) is 13.0 Å². The predicted molar refractivity (Wildman–Crippen MR) is 83.0 cm³/mol. The predicted octanol–water partition coefficient (Wildman–Crippen LogP) is 2.61. The Morgan fingerprint density at radius 2 is 2.14 bits per heavy atom. The summed E-state index contributed by atoms with van der Waals surface area (Å²) in [5.41, 5.74) is 3.13. The number of imidazole rings is 1. The first-order valence-corrected chi connectivity index (χ1v) is 7.32. The van der Waals surface area contributed by atoms with Crippen molar-refractivity contribution < 1.29 is 4.74 Å². The number of ether oxygens (including phenoxy) is 1. The molecule has 0 spiro atoms. The summed E-state index contributed by atoms with van der Waals surface area (Å²) in [5, 5.41) is 4.22. The van der Waals surface area contributed by atoms with Crippen molar-refractivity contribution in [3.63, 3.8) is 0 Å². The highest BCUT2D eigenvalue weighted by molar-refractivity contribution is 6.17. The molecule has 0 unspecified atom stereocenters. The number of methoxy groups -OCH3 is 1. The Bertz CT molecular complexity index is 762. The largest absolute Gasteiger partial charge is 0.497 e. The molecule has 2 heterocycles. The van der Waals surface area contributed by atoms with Gasteiger partial charge in [-0.05, 0) is 18.2 Å². The Labute approximate surface area is 128 Å². The summed E-state index contributed by atoms with van der Waals surface area (Å²) in [6.07, 6.45) is 2.53. The number of nitrogens with zero attached hydrogens (tertiary/aromatic N) is 4. The van der Waals surface area contributed by atoms with Gasteiger partial charge in [-0.25, -0.2) is 4.98 Å². The fraction of sp³-hybridized carbons (Fsp3) is 0.333. The fourth-order valence-corrected chi connectivity index (χ4v) is 2.62. The fourth-order valence-electron chi connectivity index (χ4n) is 2.45. The van der Waals surface area contributed by atoms with E-state index in [1.807, 2.05) is 36.0 Å². The Kier molecular flexibility index (Phi) is 3.84. The summed E-state index contributed by atoms with van der Waals surface area (Å²) in [7, 11) is 3.61. The SMILES string of the molecule is COc1ccc2nc(CCCl)n(Cc3ccnn3C)c2c1. The number of hydrogen-bond donors (Lipinski definition) is 0. The van der Waals surface area contributed by atoms with E-state index in [0.717, 1.165) is 34.7 Å². The Balaban J connectivity index is 2.12. The van der Waals surface area contributed by atoms with E-state index in [0.29, 0.717) is 12.4 Å². The molecule has 110 valence electrons. The van der Waals surface area contributed by atoms with Crippen LogP contribution in [0.2, 0.25) is 0 Å². The Morgan fingerprint density at radius 3 is 2.81 bits per heavy atom. The monoisotopic (exact) mass is 304 g/mol. The van der Waals surface area contributed by atoms with Crippen LogP contribution in [-0.4, -0.2) is 32.3 Å². The molecule has 6 heteroatoms. The minimum Gasteiger partial charge on any atom is -0.497 e. The standard InChI is InChI=1S/C15H17ClN4O/c1-19-11(6-8-17-19)10-20-14-9-12(21-2)3-4-13(14)18-15(20)5-7-16/h3-4,6,8-9H,5,7,10H2,1-2H3. The number of alkyl halides is 1. The number of fused-ring (bicyclic) bond motifs is 1. The van der Waals surface area contributed by atoms with Crippen LogP contribution in [0.5, 0.6) is 5.75 Å². The maximum absolute atomic E-state index is 5.91. The Morgan fingerprint density at radius 1 is 1.29 bits per heavy atom. The van der Waals surface area contributed by atoms with Crippen LogP contribution in [0.1, 0.15) is 11.5 Å². The Hall–Kier alpha value is -2.01. The van der Waals surface area contributed by atoms with Crippen LogP contribution < -0.4 is 4.74 Å². The molecule has 21 heavy (non-hydrogen) atoms. The van der Waals surface area contributed by atoms with Gasteiger partial charge in [0, 0.05) is 31.6 Å². The highest BCUT2D eigenvalue weighted by Crippen LogP contribution is 2.23. The van der Waals surface area contributed by atoms with Crippen molar-refractivity contribution in [3.8, 4) is 5.75 Å². The minimum absolute atomic E-state index is 0.547. The quantitative estimate of drug-likeness (QED) is 0.681. The van der Waals surface area contributed by atoms with E-state index in [9.17, 15) is 0 Å². The molecule has 0 aliphatic rings. The molecule has 2 aromatic heterocycles. The van der Waals surface area contributed by atoms with Gasteiger partial charge in [-0.3, -0.25) is 4.68 Å². The second kappa shape index (κ2) is 5.77. The maximum Gasteiger partial charge on any atom is 0.121 e. The second-order valence-electron chi connectivity index (χ2n) is 4.85. The molecule has 0 fully saturated rings. The van der Waals surface area contributed by atoms with E-state index in [4.69, 9.17) is 16.3 Å². The molecular weight excluding hydrogens is 288 g/mol. The van der Waals surface area contributed by atoms with E-state index in [1.54, 1.807) is 13.3 Å². The lowest BCUT2D eigenvalue weighted by atomic mass is 10.3. The molecule has 1 aromatic carbocycles. The first-order valence-electron chi connectivity index (χ1n) is 6.79. The van der Waals surface area contributed by atoms with Gasteiger partial charge in [0.05, 0.1) is 30.4 Å². The lowest BCUT2D eigenvalue weighted by molar-refractivity contribution is 0.415. The van der Waals surface area contributed by atoms with E-state index < -0.39 is 0 Å². The molecular formula is C15H17ClN4O. The van der Waals surface area contributed by atoms with Gasteiger partial charge >= 0.3 is 0 Å². The zero-order valence-corrected chi connectivity index (χ0v) is 12.8. The molecule has 0 amide bonds. The molecule has 3 rings (SSSR count). The number of aromatic nitrogens is 4. The summed E-state index contributed by atoms with van der Waals surface area (Å²) in [5.74, 6) is 2.35. The van der Waals surface area contributed by atoms with E-state index in [2.05, 4.69) is 14.6 Å². The van der Waals surface area contributed by atoms with E-state index in [1.165, 1.54) is 0 Å². The summed E-state index contributed by atoms with van der Waals surface area (Å²) in [4.78, 5) is 4.68. The van der Waals surface area contributed by atoms with Gasteiger partial charge in [0.2, 0.25) is 0 Å². The average Bonchev–Trinajstić information content (AvgIpc) is 3.04. The third-order valence-electron chi connectivity index (χ3n) is 3.60. The molecule has 0 atom stereocenters. The lowest BCUT2D eigenvalue weighted by Gasteiger charge is -2.09. The van der Waals surface area contributed by atoms with Crippen molar-refractivity contribution >= 4 is 22.6 Å². The molecule has 0 saturated heterocycles. The van der Waals surface area contributed by atoms with Gasteiger partial charge in [0.25, 0.3) is 0 Å². The van der Waals surface area contributed by atoms with Gasteiger partial charge in [-0.1, -0.05) is 0 Å². The number of rotatable bonds is 5. The maximum atomic E-state index is 5.91. The number of aryl methyl sites for hydroxylation is 2. The third kappa shape index (κ3) is 2.61. The van der Waals surface area contributed by atoms with Gasteiger partial charge in [-0.2, -0.15) is 5.10 Å². The van der Waals surface area contributed by atoms with Crippen LogP contribution in [0.4, 0.5) is 0 Å². The van der Waals surface area contributed by atoms with E-state index in [-0.39, 0.29) is 0 Å². The normalized spacial score (nSPS) is 11.2. The smallest absolute Gasteiger partial charge is 0.121 e. The molecule has 3 aromatic rings. The molecule has 5 nitrogen and oxygen atoms in total. The van der Waals surface area contributed by atoms with Crippen molar-refractivity contribution in [2.24, 2.45) is 7.05 Å². The number of hydrogen-bond acceptors (Lipinski definition) is 3. The summed E-state index contributed by atoms with van der Waals surface area (Å²) in [6, 6.07) is 7.92. The van der Waals surface area contributed by atoms with E-state index >= 15 is 0 Å². The van der Waals surface area contributed by atoms with Gasteiger partial charge in [-0.15, -0.1) is 11.6 Å². The third-order valence-corrected chi connectivity index (χ3v) is 3.78. The molecule has 0 saturated carbocycles. The summed E-state index contributed by atoms with van der Waals surface area (Å²) < 4.78 is 9.37. The van der Waals surface area contributed by atoms with Crippen LogP contribution in [-0.2, 0) is 20.0 Å². The topological polar surface area (TPSA) is 44.9 Å². The number of halogens is 1. The van der Waals surface area contributed by atoms with Crippen molar-refractivity contribution in [3.05, 3.63) is 42.0 Å². The van der Waals surface area contributed by atoms with Gasteiger partial charge in [0.1, 0.15) is 11.6 Å². The lowest BCUT2D eigenvalue weighted by Crippen LogP contribution is -2.09. The zero-order valence-electron chi connectivity index (χ0n) is 12.1. The first kappa shape index (κ1) is 13.9. The van der Waals surface area contributed by atoms with Crippen LogP contribution in [0.3, 0.4) is 0 Å². The number of benzene rings is 1. The summed E-state index contributed by atoms with van der Waals surface area (Å²) in [6.45, 7) is 0.715. The average molecular weight is 305 g/mol. The zero-order chi connectivity index (χ0) is 14.8. The van der Waals surface area contributed by atoms with Crippen molar-refractivity contribution in [2.45, 2.75) is 13.0 Å². The molecule has 0 bridgehead atoms. The first-order chi connectivity index (χ1) is 10.2. The van der Waals surface area contributed by atoms with Crippen molar-refractivity contribution in [1.82, 2.24) is 19.3 Å². The molecule has 0 aliphatic carbocycles. The summed E-state index contributed by atoms with van der Waals surface area (Å²) >= 11 is 5.91. The van der Waals surface area contributed by atoms with Crippen LogP contribution in [0.25, 0.3) is 11.0 Å². The van der Waals surface area contributed by atoms with Crippen LogP contribution >= 0.6 is 11.6 Å². The highest BCUT2D eigenvalue weighted by atomic mass is 35.5. The van der Waals surface area contributed by atoms with Gasteiger partial charge in [0.15, 0.2) is 0 Å². The molecule has 0 aliphatic heterocycles. The highest BCUT2D eigenvalue weighted by Gasteiger charge is 2.13. The second-order valence-corrected chi connectivity index (χ2v) is 5.23. The van der Waals surface area contributed by atoms with Gasteiger partial charge < -0.3 is 9.30 Å². The molecule has 0 N–H and O–H groups in total. The van der Waals surface area contributed by atoms with Crippen molar-refractivity contribution in [1.29, 1.82) is 0 Å². The minimum atomic E-state index is 0.547. The van der Waals surface area contributed by atoms with Crippen LogP contribution in [0.15, 0.2) is 30.5 Å².